The predicted octanol–water partition coefficient (Wildman–Crippen LogP) is 4.39. The van der Waals surface area contributed by atoms with Crippen LogP contribution in [0, 0.1) is 6.92 Å². The molecule has 1 N–H and O–H groups in total. The van der Waals surface area contributed by atoms with Crippen molar-refractivity contribution in [1.29, 1.82) is 0 Å². The molecule has 0 atom stereocenters. The predicted molar refractivity (Wildman–Crippen MR) is 109 cm³/mol. The molecule has 2 heterocycles. The minimum absolute atomic E-state index is 0.134. The Bertz CT molecular complexity index is 910. The molecule has 3 aromatic rings. The van der Waals surface area contributed by atoms with E-state index < -0.39 is 0 Å². The number of ether oxygens (including phenoxy) is 3. The van der Waals surface area contributed by atoms with E-state index in [1.165, 1.54) is 32.7 Å². The third kappa shape index (κ3) is 4.23. The summed E-state index contributed by atoms with van der Waals surface area (Å²) >= 11 is 3.15. The first-order valence-corrected chi connectivity index (χ1v) is 9.85. The number of thiazole rings is 1. The molecule has 0 spiro atoms. The topological polar surface area (TPSA) is 69.7 Å². The highest BCUT2D eigenvalue weighted by Gasteiger charge is 2.18. The minimum atomic E-state index is -0.134. The smallest absolute Gasteiger partial charge is 0.229 e. The first-order chi connectivity index (χ1) is 13.0. The Labute approximate surface area is 165 Å². The minimum Gasteiger partial charge on any atom is -0.493 e. The molecular weight excluding hydrogens is 384 g/mol. The first kappa shape index (κ1) is 19.2. The van der Waals surface area contributed by atoms with E-state index in [-0.39, 0.29) is 12.3 Å². The molecule has 0 bridgehead atoms. The number of carbonyl (C=O) groups excluding carboxylic acids is 1. The molecule has 0 aliphatic carbocycles. The fraction of sp³-hybridized carbons (Fsp3) is 0.263. The van der Waals surface area contributed by atoms with Crippen LogP contribution in [0.4, 0.5) is 5.69 Å². The molecule has 6 nitrogen and oxygen atoms in total. The van der Waals surface area contributed by atoms with Crippen LogP contribution in [-0.4, -0.2) is 32.2 Å². The zero-order valence-corrected chi connectivity index (χ0v) is 17.1. The third-order valence-electron chi connectivity index (χ3n) is 3.83. The maximum Gasteiger partial charge on any atom is 0.229 e. The summed E-state index contributed by atoms with van der Waals surface area (Å²) in [6.07, 6.45) is 0.245. The van der Waals surface area contributed by atoms with Gasteiger partial charge in [-0.15, -0.1) is 22.7 Å². The molecule has 3 rings (SSSR count). The molecule has 27 heavy (non-hydrogen) atoms. The van der Waals surface area contributed by atoms with Crippen LogP contribution in [-0.2, 0) is 11.2 Å². The molecule has 0 unspecified atom stereocenters. The van der Waals surface area contributed by atoms with Crippen molar-refractivity contribution in [2.75, 3.05) is 26.6 Å². The van der Waals surface area contributed by atoms with E-state index in [0.717, 1.165) is 20.5 Å². The van der Waals surface area contributed by atoms with Gasteiger partial charge in [-0.1, -0.05) is 6.07 Å². The molecule has 0 aliphatic rings. The van der Waals surface area contributed by atoms with Gasteiger partial charge in [0.2, 0.25) is 11.7 Å². The highest BCUT2D eigenvalue weighted by molar-refractivity contribution is 7.15. The lowest BCUT2D eigenvalue weighted by Gasteiger charge is -2.14. The van der Waals surface area contributed by atoms with Crippen LogP contribution in [0.25, 0.3) is 10.6 Å². The molecule has 1 aromatic carbocycles. The molecule has 0 saturated carbocycles. The van der Waals surface area contributed by atoms with Crippen molar-refractivity contribution in [3.8, 4) is 27.8 Å². The van der Waals surface area contributed by atoms with Crippen LogP contribution >= 0.6 is 22.7 Å². The molecular formula is C19H20N2O4S2. The summed E-state index contributed by atoms with van der Waals surface area (Å²) in [4.78, 5) is 19.2. The number of anilines is 1. The summed E-state index contributed by atoms with van der Waals surface area (Å²) in [5.74, 6) is 1.32. The van der Waals surface area contributed by atoms with Gasteiger partial charge >= 0.3 is 0 Å². The molecule has 1 amide bonds. The largest absolute Gasteiger partial charge is 0.493 e. The summed E-state index contributed by atoms with van der Waals surface area (Å²) in [5, 5.41) is 5.84. The Morgan fingerprint density at radius 1 is 1.15 bits per heavy atom. The van der Waals surface area contributed by atoms with Crippen molar-refractivity contribution in [2.45, 2.75) is 13.3 Å². The van der Waals surface area contributed by atoms with E-state index >= 15 is 0 Å². The molecule has 2 aromatic heterocycles. The van der Waals surface area contributed by atoms with Crippen LogP contribution in [0.5, 0.6) is 17.2 Å². The van der Waals surface area contributed by atoms with Crippen molar-refractivity contribution in [3.63, 3.8) is 0 Å². The van der Waals surface area contributed by atoms with Crippen molar-refractivity contribution in [3.05, 3.63) is 39.5 Å². The number of methoxy groups -OCH3 is 3. The molecule has 142 valence electrons. The molecule has 8 heteroatoms. The summed E-state index contributed by atoms with van der Waals surface area (Å²) in [7, 11) is 4.61. The highest BCUT2D eigenvalue weighted by Crippen LogP contribution is 2.40. The van der Waals surface area contributed by atoms with Crippen LogP contribution in [0.2, 0.25) is 0 Å². The Morgan fingerprint density at radius 3 is 2.41 bits per heavy atom. The van der Waals surface area contributed by atoms with E-state index in [4.69, 9.17) is 14.2 Å². The van der Waals surface area contributed by atoms with Crippen molar-refractivity contribution < 1.29 is 19.0 Å². The van der Waals surface area contributed by atoms with Gasteiger partial charge in [0.1, 0.15) is 0 Å². The number of nitrogens with one attached hydrogen (secondary N) is 1. The number of aromatic nitrogens is 1. The second-order valence-corrected chi connectivity index (χ2v) is 7.86. The van der Waals surface area contributed by atoms with Crippen LogP contribution < -0.4 is 19.5 Å². The van der Waals surface area contributed by atoms with Gasteiger partial charge in [0.15, 0.2) is 11.5 Å². The summed E-state index contributed by atoms with van der Waals surface area (Å²) in [6.45, 7) is 1.95. The van der Waals surface area contributed by atoms with Crippen molar-refractivity contribution >= 4 is 34.3 Å². The van der Waals surface area contributed by atoms with E-state index in [1.807, 2.05) is 24.4 Å². The van der Waals surface area contributed by atoms with E-state index in [9.17, 15) is 4.79 Å². The Kier molecular flexibility index (Phi) is 5.98. The zero-order chi connectivity index (χ0) is 19.4. The van der Waals surface area contributed by atoms with Gasteiger partial charge in [-0.3, -0.25) is 4.79 Å². The number of aryl methyl sites for hydroxylation is 1. The van der Waals surface area contributed by atoms with Gasteiger partial charge in [-0.05, 0) is 18.4 Å². The summed E-state index contributed by atoms with van der Waals surface area (Å²) in [5.41, 5.74) is 1.46. The van der Waals surface area contributed by atoms with Crippen molar-refractivity contribution in [2.24, 2.45) is 0 Å². The average molecular weight is 405 g/mol. The maximum absolute atomic E-state index is 12.6. The van der Waals surface area contributed by atoms with Gasteiger partial charge in [0.05, 0.1) is 43.3 Å². The molecule has 0 aliphatic heterocycles. The Balaban J connectivity index is 1.81. The van der Waals surface area contributed by atoms with Crippen molar-refractivity contribution in [1.82, 2.24) is 4.98 Å². The van der Waals surface area contributed by atoms with E-state index in [2.05, 4.69) is 10.3 Å². The summed E-state index contributed by atoms with van der Waals surface area (Å²) < 4.78 is 16.0. The third-order valence-corrected chi connectivity index (χ3v) is 5.68. The SMILES string of the molecule is COc1cc(NC(=O)Cc2sc(C)nc2-c2cccs2)cc(OC)c1OC. The monoisotopic (exact) mass is 404 g/mol. The number of carbonyl (C=O) groups is 1. The molecule has 0 saturated heterocycles. The zero-order valence-electron chi connectivity index (χ0n) is 15.5. The normalized spacial score (nSPS) is 10.5. The van der Waals surface area contributed by atoms with E-state index in [1.54, 1.807) is 23.5 Å². The lowest BCUT2D eigenvalue weighted by molar-refractivity contribution is -0.115. The lowest BCUT2D eigenvalue weighted by atomic mass is 10.2. The lowest BCUT2D eigenvalue weighted by Crippen LogP contribution is -2.14. The fourth-order valence-electron chi connectivity index (χ4n) is 2.70. The molecule has 0 fully saturated rings. The van der Waals surface area contributed by atoms with Gasteiger partial charge < -0.3 is 19.5 Å². The Hall–Kier alpha value is -2.58. The fourth-order valence-corrected chi connectivity index (χ4v) is 4.45. The van der Waals surface area contributed by atoms with Gasteiger partial charge in [0.25, 0.3) is 0 Å². The van der Waals surface area contributed by atoms with Crippen LogP contribution in [0.15, 0.2) is 29.6 Å². The number of amides is 1. The second kappa shape index (κ2) is 8.41. The maximum atomic E-state index is 12.6. The van der Waals surface area contributed by atoms with E-state index in [0.29, 0.717) is 22.9 Å². The number of thiophene rings is 1. The Morgan fingerprint density at radius 2 is 1.85 bits per heavy atom. The number of hydrogen-bond donors (Lipinski definition) is 1. The van der Waals surface area contributed by atoms with Gasteiger partial charge in [0, 0.05) is 22.7 Å². The van der Waals surface area contributed by atoms with Gasteiger partial charge in [-0.25, -0.2) is 4.98 Å². The standard InChI is InChI=1S/C19H20N2O4S2/c1-11-20-18(15-6-5-7-26-15)16(27-11)10-17(22)21-12-8-13(23-2)19(25-4)14(9-12)24-3/h5-9H,10H2,1-4H3,(H,21,22). The second-order valence-electron chi connectivity index (χ2n) is 5.62. The average Bonchev–Trinajstić information content (AvgIpc) is 3.30. The van der Waals surface area contributed by atoms with Gasteiger partial charge in [-0.2, -0.15) is 0 Å². The summed E-state index contributed by atoms with van der Waals surface area (Å²) in [6, 6.07) is 7.41. The van der Waals surface area contributed by atoms with Crippen LogP contribution in [0.3, 0.4) is 0 Å². The number of hydrogen-bond acceptors (Lipinski definition) is 7. The molecule has 0 radical (unpaired) electrons. The first-order valence-electron chi connectivity index (χ1n) is 8.15. The number of benzene rings is 1. The quantitative estimate of drug-likeness (QED) is 0.633. The highest BCUT2D eigenvalue weighted by atomic mass is 32.1. The van der Waals surface area contributed by atoms with Crippen LogP contribution in [0.1, 0.15) is 9.88 Å². The number of nitrogens with zero attached hydrogens (tertiary/aromatic N) is 1. The number of rotatable bonds is 7.